The van der Waals surface area contributed by atoms with E-state index in [0.717, 1.165) is 30.7 Å². The fourth-order valence-corrected chi connectivity index (χ4v) is 2.66. The van der Waals surface area contributed by atoms with E-state index in [1.165, 1.54) is 0 Å². The highest BCUT2D eigenvalue weighted by atomic mass is 16.6. The molecule has 0 bridgehead atoms. The molecule has 1 unspecified atom stereocenters. The maximum absolute atomic E-state index is 12.7. The summed E-state index contributed by atoms with van der Waals surface area (Å²) in [5, 5.41) is 0. The van der Waals surface area contributed by atoms with Gasteiger partial charge in [-0.05, 0) is 51.3 Å². The van der Waals surface area contributed by atoms with Crippen LogP contribution in [0.5, 0.6) is 11.5 Å². The summed E-state index contributed by atoms with van der Waals surface area (Å²) in [6.07, 6.45) is 1.79. The van der Waals surface area contributed by atoms with Gasteiger partial charge in [0.05, 0.1) is 14.2 Å². The number of ether oxygens (including phenoxy) is 3. The lowest BCUT2D eigenvalue weighted by molar-refractivity contribution is -0.154. The van der Waals surface area contributed by atoms with Crippen LogP contribution in [0.3, 0.4) is 0 Å². The number of carbonyl (C=O) groups is 1. The maximum Gasteiger partial charge on any atom is 0.319 e. The minimum atomic E-state index is -0.537. The summed E-state index contributed by atoms with van der Waals surface area (Å²) < 4.78 is 16.2. The minimum absolute atomic E-state index is 0.273. The molecule has 126 valence electrons. The minimum Gasteiger partial charge on any atom is -0.493 e. The van der Waals surface area contributed by atoms with Gasteiger partial charge in [0.15, 0.2) is 11.5 Å². The van der Waals surface area contributed by atoms with Gasteiger partial charge in [-0.3, -0.25) is 9.79 Å². The predicted molar refractivity (Wildman–Crippen MR) is 89.7 cm³/mol. The number of carbonyl (C=O) groups excluding carboxylic acids is 1. The second-order valence-corrected chi connectivity index (χ2v) is 6.56. The number of benzene rings is 1. The molecule has 1 aliphatic heterocycles. The fraction of sp³-hybridized carbons (Fsp3) is 0.556. The Morgan fingerprint density at radius 3 is 2.39 bits per heavy atom. The van der Waals surface area contributed by atoms with Crippen LogP contribution in [0.2, 0.25) is 0 Å². The van der Waals surface area contributed by atoms with Crippen molar-refractivity contribution in [3.8, 4) is 11.5 Å². The van der Waals surface area contributed by atoms with E-state index in [1.54, 1.807) is 20.3 Å². The Bertz CT molecular complexity index is 602. The lowest BCUT2D eigenvalue weighted by atomic mass is 9.92. The number of rotatable bonds is 5. The van der Waals surface area contributed by atoms with Gasteiger partial charge in [-0.1, -0.05) is 6.07 Å². The molecule has 0 saturated heterocycles. The molecular formula is C18H25NO4. The molecule has 2 rings (SSSR count). The molecule has 0 aliphatic carbocycles. The molecule has 1 atom stereocenters. The van der Waals surface area contributed by atoms with Gasteiger partial charge < -0.3 is 14.2 Å². The van der Waals surface area contributed by atoms with Crippen molar-refractivity contribution in [1.82, 2.24) is 0 Å². The molecule has 0 aromatic heterocycles. The molecule has 1 heterocycles. The van der Waals surface area contributed by atoms with Gasteiger partial charge in [-0.25, -0.2) is 0 Å². The van der Waals surface area contributed by atoms with Gasteiger partial charge in [0.2, 0.25) is 0 Å². The third-order valence-electron chi connectivity index (χ3n) is 3.62. The van der Waals surface area contributed by atoms with Crippen LogP contribution in [0, 0.1) is 0 Å². The van der Waals surface area contributed by atoms with E-state index in [0.29, 0.717) is 11.5 Å². The smallest absolute Gasteiger partial charge is 0.319 e. The first-order valence-electron chi connectivity index (χ1n) is 7.83. The first-order valence-corrected chi connectivity index (χ1v) is 7.83. The average Bonchev–Trinajstić information content (AvgIpc) is 2.99. The van der Waals surface area contributed by atoms with Crippen molar-refractivity contribution < 1.29 is 19.0 Å². The van der Waals surface area contributed by atoms with Crippen molar-refractivity contribution in [3.05, 3.63) is 23.8 Å². The van der Waals surface area contributed by atoms with Crippen LogP contribution < -0.4 is 9.47 Å². The lowest BCUT2D eigenvalue weighted by Crippen LogP contribution is -2.31. The molecule has 1 aliphatic rings. The summed E-state index contributed by atoms with van der Waals surface area (Å²) in [7, 11) is 3.17. The summed E-state index contributed by atoms with van der Waals surface area (Å²) in [4.78, 5) is 17.2. The van der Waals surface area contributed by atoms with Crippen LogP contribution in [-0.2, 0) is 9.53 Å². The van der Waals surface area contributed by atoms with E-state index in [1.807, 2.05) is 32.9 Å². The second-order valence-electron chi connectivity index (χ2n) is 6.56. The van der Waals surface area contributed by atoms with Crippen LogP contribution >= 0.6 is 0 Å². The van der Waals surface area contributed by atoms with Crippen molar-refractivity contribution in [2.24, 2.45) is 4.99 Å². The maximum atomic E-state index is 12.7. The topological polar surface area (TPSA) is 57.1 Å². The Balaban J connectivity index is 2.39. The van der Waals surface area contributed by atoms with Gasteiger partial charge in [0, 0.05) is 12.3 Å². The summed E-state index contributed by atoms with van der Waals surface area (Å²) >= 11 is 0. The summed E-state index contributed by atoms with van der Waals surface area (Å²) in [6, 6.07) is 5.51. The van der Waals surface area contributed by atoms with E-state index < -0.39 is 11.5 Å². The highest BCUT2D eigenvalue weighted by Gasteiger charge is 2.32. The largest absolute Gasteiger partial charge is 0.493 e. The summed E-state index contributed by atoms with van der Waals surface area (Å²) in [5.41, 5.74) is 1.16. The van der Waals surface area contributed by atoms with E-state index in [2.05, 4.69) is 4.99 Å². The standard InChI is InChI=1S/C18H25NO4/c1-18(2,3)23-17(20)16(13-7-6-10-19-13)12-8-9-14(21-4)15(11-12)22-5/h8-9,11,16H,6-7,10H2,1-5H3. The van der Waals surface area contributed by atoms with Crippen LogP contribution in [0.1, 0.15) is 45.1 Å². The third kappa shape index (κ3) is 4.24. The molecule has 5 heteroatoms. The first-order chi connectivity index (χ1) is 10.9. The average molecular weight is 319 g/mol. The Morgan fingerprint density at radius 1 is 1.17 bits per heavy atom. The van der Waals surface area contributed by atoms with Crippen LogP contribution in [0.25, 0.3) is 0 Å². The molecule has 23 heavy (non-hydrogen) atoms. The Kier molecular flexibility index (Phi) is 5.29. The van der Waals surface area contributed by atoms with Crippen molar-refractivity contribution in [2.75, 3.05) is 20.8 Å². The highest BCUT2D eigenvalue weighted by molar-refractivity contribution is 6.08. The molecule has 5 nitrogen and oxygen atoms in total. The zero-order valence-electron chi connectivity index (χ0n) is 14.5. The van der Waals surface area contributed by atoms with Gasteiger partial charge in [-0.15, -0.1) is 0 Å². The first kappa shape index (κ1) is 17.3. The Morgan fingerprint density at radius 2 is 1.87 bits per heavy atom. The molecule has 0 fully saturated rings. The van der Waals surface area contributed by atoms with E-state index in [9.17, 15) is 4.79 Å². The van der Waals surface area contributed by atoms with Gasteiger partial charge in [0.1, 0.15) is 11.5 Å². The molecular weight excluding hydrogens is 294 g/mol. The van der Waals surface area contributed by atoms with E-state index >= 15 is 0 Å². The predicted octanol–water partition coefficient (Wildman–Crippen LogP) is 3.36. The Hall–Kier alpha value is -2.04. The monoisotopic (exact) mass is 319 g/mol. The highest BCUT2D eigenvalue weighted by Crippen LogP contribution is 2.33. The summed E-state index contributed by atoms with van der Waals surface area (Å²) in [6.45, 7) is 6.37. The molecule has 1 aromatic carbocycles. The van der Waals surface area contributed by atoms with Crippen molar-refractivity contribution in [1.29, 1.82) is 0 Å². The molecule has 0 saturated carbocycles. The number of methoxy groups -OCH3 is 2. The van der Waals surface area contributed by atoms with Gasteiger partial charge in [-0.2, -0.15) is 0 Å². The summed E-state index contributed by atoms with van der Waals surface area (Å²) in [5.74, 6) is 0.464. The fourth-order valence-electron chi connectivity index (χ4n) is 2.66. The van der Waals surface area contributed by atoms with E-state index in [-0.39, 0.29) is 5.97 Å². The molecule has 1 aromatic rings. The SMILES string of the molecule is COc1ccc(C(C(=O)OC(C)(C)C)C2=NCCC2)cc1OC. The number of hydrogen-bond acceptors (Lipinski definition) is 5. The van der Waals surface area contributed by atoms with Crippen molar-refractivity contribution in [2.45, 2.75) is 45.1 Å². The molecule has 0 amide bonds. The lowest BCUT2D eigenvalue weighted by Gasteiger charge is -2.24. The van der Waals surface area contributed by atoms with Crippen LogP contribution in [0.15, 0.2) is 23.2 Å². The number of hydrogen-bond donors (Lipinski definition) is 0. The molecule has 0 radical (unpaired) electrons. The quantitative estimate of drug-likeness (QED) is 0.781. The van der Waals surface area contributed by atoms with Gasteiger partial charge in [0.25, 0.3) is 0 Å². The number of esters is 1. The van der Waals surface area contributed by atoms with Crippen LogP contribution in [0.4, 0.5) is 0 Å². The molecule has 0 N–H and O–H groups in total. The zero-order chi connectivity index (χ0) is 17.0. The van der Waals surface area contributed by atoms with Crippen molar-refractivity contribution in [3.63, 3.8) is 0 Å². The normalized spacial score (nSPS) is 15.8. The number of nitrogens with zero attached hydrogens (tertiary/aromatic N) is 1. The van der Waals surface area contributed by atoms with Gasteiger partial charge >= 0.3 is 5.97 Å². The number of aliphatic imine (C=N–C) groups is 1. The zero-order valence-corrected chi connectivity index (χ0v) is 14.5. The molecule has 0 spiro atoms. The third-order valence-corrected chi connectivity index (χ3v) is 3.62. The Labute approximate surface area is 137 Å². The van der Waals surface area contributed by atoms with E-state index in [4.69, 9.17) is 14.2 Å². The van der Waals surface area contributed by atoms with Crippen molar-refractivity contribution >= 4 is 11.7 Å². The van der Waals surface area contributed by atoms with Crippen LogP contribution in [-0.4, -0.2) is 38.0 Å². The second kappa shape index (κ2) is 7.02.